The highest BCUT2D eigenvalue weighted by molar-refractivity contribution is 5.87. The molecule has 0 bridgehead atoms. The van der Waals surface area contributed by atoms with Gasteiger partial charge >= 0.3 is 5.97 Å². The average Bonchev–Trinajstić information content (AvgIpc) is 2.05. The molecule has 2 N–H and O–H groups in total. The van der Waals surface area contributed by atoms with Crippen molar-refractivity contribution in [2.75, 3.05) is 0 Å². The molecule has 0 amide bonds. The van der Waals surface area contributed by atoms with Crippen molar-refractivity contribution in [1.82, 2.24) is 4.98 Å². The number of carboxylic acid groups (broad SMARTS) is 1. The van der Waals surface area contributed by atoms with E-state index in [0.29, 0.717) is 5.69 Å². The summed E-state index contributed by atoms with van der Waals surface area (Å²) >= 11 is 0. The van der Waals surface area contributed by atoms with Gasteiger partial charge in [-0.3, -0.25) is 4.98 Å². The number of hydrogen-bond acceptors (Lipinski definition) is 3. The number of hydrogen-bond donors (Lipinski definition) is 2. The lowest BCUT2D eigenvalue weighted by Gasteiger charge is -1.95. The quantitative estimate of drug-likeness (QED) is 0.639. The Hall–Kier alpha value is -1.42. The van der Waals surface area contributed by atoms with Crippen molar-refractivity contribution in [2.24, 2.45) is 0 Å². The van der Waals surface area contributed by atoms with Gasteiger partial charge in [-0.1, -0.05) is 0 Å². The molecule has 1 aromatic rings. The Bertz CT molecular complexity index is 272. The highest BCUT2D eigenvalue weighted by atomic mass is 16.4. The minimum Gasteiger partial charge on any atom is -0.478 e. The van der Waals surface area contributed by atoms with Gasteiger partial charge in [-0.15, -0.1) is 0 Å². The maximum Gasteiger partial charge on any atom is 0.335 e. The molecule has 0 aromatic carbocycles. The lowest BCUT2D eigenvalue weighted by atomic mass is 10.2. The fourth-order valence-corrected chi connectivity index (χ4v) is 0.698. The molecule has 1 rings (SSSR count). The molecule has 4 heteroatoms. The van der Waals surface area contributed by atoms with E-state index in [9.17, 15) is 4.79 Å². The SMILES string of the molecule is O=C(O)c1ccnc(CO)c1. The lowest BCUT2D eigenvalue weighted by Crippen LogP contribution is -1.98. The zero-order valence-corrected chi connectivity index (χ0v) is 5.69. The molecule has 0 saturated heterocycles. The minimum atomic E-state index is -1.01. The van der Waals surface area contributed by atoms with Crippen LogP contribution < -0.4 is 0 Å². The molecular formula is C7H7NO3. The van der Waals surface area contributed by atoms with Gasteiger partial charge in [0.15, 0.2) is 0 Å². The standard InChI is InChI=1S/C7H7NO3/c9-4-6-3-5(7(10)11)1-2-8-6/h1-3,9H,4H2,(H,10,11). The van der Waals surface area contributed by atoms with Crippen molar-refractivity contribution < 1.29 is 15.0 Å². The molecule has 0 unspecified atom stereocenters. The van der Waals surface area contributed by atoms with Crippen molar-refractivity contribution in [3.63, 3.8) is 0 Å². The molecule has 0 saturated carbocycles. The monoisotopic (exact) mass is 153 g/mol. The second-order valence-corrected chi connectivity index (χ2v) is 2.00. The number of aliphatic hydroxyl groups is 1. The Morgan fingerprint density at radius 2 is 2.36 bits per heavy atom. The van der Waals surface area contributed by atoms with Crippen molar-refractivity contribution in [3.8, 4) is 0 Å². The summed E-state index contributed by atoms with van der Waals surface area (Å²) in [5.74, 6) is -1.01. The minimum absolute atomic E-state index is 0.143. The smallest absolute Gasteiger partial charge is 0.335 e. The maximum atomic E-state index is 10.4. The van der Waals surface area contributed by atoms with E-state index >= 15 is 0 Å². The first-order valence-electron chi connectivity index (χ1n) is 3.03. The van der Waals surface area contributed by atoms with Crippen LogP contribution in [0.3, 0.4) is 0 Å². The Morgan fingerprint density at radius 3 is 2.91 bits per heavy atom. The van der Waals surface area contributed by atoms with Crippen LogP contribution >= 0.6 is 0 Å². The zero-order chi connectivity index (χ0) is 8.27. The number of nitrogens with zero attached hydrogens (tertiary/aromatic N) is 1. The first kappa shape index (κ1) is 7.68. The van der Waals surface area contributed by atoms with Gasteiger partial charge in [0.25, 0.3) is 0 Å². The summed E-state index contributed by atoms with van der Waals surface area (Å²) < 4.78 is 0. The molecule has 1 heterocycles. The molecule has 0 spiro atoms. The molecule has 0 aliphatic carbocycles. The van der Waals surface area contributed by atoms with Crippen molar-refractivity contribution >= 4 is 5.97 Å². The summed E-state index contributed by atoms with van der Waals surface area (Å²) in [6, 6.07) is 2.71. The summed E-state index contributed by atoms with van der Waals surface area (Å²) in [5, 5.41) is 17.1. The number of aliphatic hydroxyl groups excluding tert-OH is 1. The maximum absolute atomic E-state index is 10.4. The van der Waals surface area contributed by atoms with Crippen LogP contribution in [0.4, 0.5) is 0 Å². The summed E-state index contributed by atoms with van der Waals surface area (Å²) in [5.41, 5.74) is 0.508. The third-order valence-corrected chi connectivity index (χ3v) is 1.23. The fourth-order valence-electron chi connectivity index (χ4n) is 0.698. The van der Waals surface area contributed by atoms with Gasteiger partial charge in [0.1, 0.15) is 0 Å². The van der Waals surface area contributed by atoms with Crippen LogP contribution in [0.25, 0.3) is 0 Å². The number of pyridine rings is 1. The average molecular weight is 153 g/mol. The van der Waals surface area contributed by atoms with Crippen LogP contribution in [0.5, 0.6) is 0 Å². The predicted molar refractivity (Wildman–Crippen MR) is 37.1 cm³/mol. The van der Waals surface area contributed by atoms with Gasteiger partial charge in [0.05, 0.1) is 17.9 Å². The van der Waals surface area contributed by atoms with Crippen molar-refractivity contribution in [3.05, 3.63) is 29.6 Å². The third kappa shape index (κ3) is 1.75. The third-order valence-electron chi connectivity index (χ3n) is 1.23. The lowest BCUT2D eigenvalue weighted by molar-refractivity contribution is 0.0696. The molecule has 4 nitrogen and oxygen atoms in total. The van der Waals surface area contributed by atoms with Crippen LogP contribution in [-0.4, -0.2) is 21.2 Å². The van der Waals surface area contributed by atoms with E-state index in [2.05, 4.69) is 4.98 Å². The topological polar surface area (TPSA) is 70.4 Å². The molecular weight excluding hydrogens is 146 g/mol. The zero-order valence-electron chi connectivity index (χ0n) is 5.69. The fraction of sp³-hybridized carbons (Fsp3) is 0.143. The summed E-state index contributed by atoms with van der Waals surface area (Å²) in [6.07, 6.45) is 1.36. The van der Waals surface area contributed by atoms with Gasteiger partial charge in [0, 0.05) is 6.20 Å². The number of carbonyl (C=O) groups is 1. The van der Waals surface area contributed by atoms with E-state index in [1.165, 1.54) is 18.3 Å². The van der Waals surface area contributed by atoms with Gasteiger partial charge in [-0.05, 0) is 12.1 Å². The molecule has 58 valence electrons. The Balaban J connectivity index is 3.01. The van der Waals surface area contributed by atoms with E-state index in [1.807, 2.05) is 0 Å². The highest BCUT2D eigenvalue weighted by Crippen LogP contribution is 2.00. The first-order valence-corrected chi connectivity index (χ1v) is 3.03. The Labute approximate surface area is 63.1 Å². The predicted octanol–water partition coefficient (Wildman–Crippen LogP) is 0.272. The summed E-state index contributed by atoms with van der Waals surface area (Å²) in [4.78, 5) is 14.1. The van der Waals surface area contributed by atoms with E-state index in [-0.39, 0.29) is 12.2 Å². The van der Waals surface area contributed by atoms with E-state index in [0.717, 1.165) is 0 Å². The summed E-state index contributed by atoms with van der Waals surface area (Å²) in [7, 11) is 0. The number of aromatic nitrogens is 1. The van der Waals surface area contributed by atoms with Gasteiger partial charge in [-0.2, -0.15) is 0 Å². The van der Waals surface area contributed by atoms with E-state index in [1.54, 1.807) is 0 Å². The highest BCUT2D eigenvalue weighted by Gasteiger charge is 2.02. The van der Waals surface area contributed by atoms with Crippen molar-refractivity contribution in [1.29, 1.82) is 0 Å². The Kier molecular flexibility index (Phi) is 2.18. The van der Waals surface area contributed by atoms with Crippen LogP contribution in [0.15, 0.2) is 18.3 Å². The van der Waals surface area contributed by atoms with Crippen molar-refractivity contribution in [2.45, 2.75) is 6.61 Å². The molecule has 0 aliphatic rings. The molecule has 0 aliphatic heterocycles. The number of rotatable bonds is 2. The number of carboxylic acids is 1. The van der Waals surface area contributed by atoms with Gasteiger partial charge < -0.3 is 10.2 Å². The second kappa shape index (κ2) is 3.12. The first-order chi connectivity index (χ1) is 5.24. The van der Waals surface area contributed by atoms with Crippen LogP contribution in [-0.2, 0) is 6.61 Å². The molecule has 0 atom stereocenters. The molecule has 0 radical (unpaired) electrons. The number of aromatic carboxylic acids is 1. The van der Waals surface area contributed by atoms with Crippen LogP contribution in [0.1, 0.15) is 16.1 Å². The second-order valence-electron chi connectivity index (χ2n) is 2.00. The van der Waals surface area contributed by atoms with Crippen LogP contribution in [0.2, 0.25) is 0 Å². The van der Waals surface area contributed by atoms with Gasteiger partial charge in [0.2, 0.25) is 0 Å². The van der Waals surface area contributed by atoms with Gasteiger partial charge in [-0.25, -0.2) is 4.79 Å². The Morgan fingerprint density at radius 1 is 1.64 bits per heavy atom. The summed E-state index contributed by atoms with van der Waals surface area (Å²) in [6.45, 7) is -0.235. The molecule has 0 fully saturated rings. The van der Waals surface area contributed by atoms with Crippen LogP contribution in [0, 0.1) is 0 Å². The molecule has 1 aromatic heterocycles. The largest absolute Gasteiger partial charge is 0.478 e. The van der Waals surface area contributed by atoms with E-state index in [4.69, 9.17) is 10.2 Å². The van der Waals surface area contributed by atoms with E-state index < -0.39 is 5.97 Å². The normalized spacial score (nSPS) is 9.55. The molecule has 11 heavy (non-hydrogen) atoms.